The van der Waals surface area contributed by atoms with E-state index in [1.807, 2.05) is 30.3 Å². The van der Waals surface area contributed by atoms with Crippen molar-refractivity contribution in [2.24, 2.45) is 0 Å². The van der Waals surface area contributed by atoms with Gasteiger partial charge in [-0.25, -0.2) is 13.8 Å². The van der Waals surface area contributed by atoms with E-state index in [9.17, 15) is 13.6 Å². The number of benzene rings is 2. The molecule has 0 atom stereocenters. The number of nitrogens with zero attached hydrogens (tertiary/aromatic N) is 1. The van der Waals surface area contributed by atoms with Crippen LogP contribution in [0.1, 0.15) is 12.0 Å². The van der Waals surface area contributed by atoms with E-state index in [1.54, 1.807) is 5.38 Å². The average Bonchev–Trinajstić information content (AvgIpc) is 3.10. The zero-order chi connectivity index (χ0) is 18.4. The molecule has 3 aromatic rings. The molecule has 0 spiro atoms. The number of halogens is 2. The molecule has 1 aromatic heterocycles. The van der Waals surface area contributed by atoms with Crippen LogP contribution in [0.15, 0.2) is 53.9 Å². The molecule has 1 amide bonds. The number of carbonyl (C=O) groups excluding carboxylic acids is 1. The minimum absolute atomic E-state index is 0.0629. The molecule has 3 rings (SSSR count). The van der Waals surface area contributed by atoms with E-state index in [4.69, 9.17) is 4.74 Å². The Morgan fingerprint density at radius 2 is 1.96 bits per heavy atom. The molecule has 2 aromatic carbocycles. The largest absolute Gasteiger partial charge is 0.376 e. The Labute approximate surface area is 153 Å². The fraction of sp³-hybridized carbons (Fsp3) is 0.158. The second-order valence-corrected chi connectivity index (χ2v) is 6.36. The summed E-state index contributed by atoms with van der Waals surface area (Å²) in [5.41, 5.74) is 1.38. The molecular weight excluding hydrogens is 358 g/mol. The first-order chi connectivity index (χ1) is 12.6. The molecule has 134 valence electrons. The first-order valence-corrected chi connectivity index (χ1v) is 8.82. The van der Waals surface area contributed by atoms with Crippen LogP contribution in [0.25, 0.3) is 11.3 Å². The summed E-state index contributed by atoms with van der Waals surface area (Å²) in [4.78, 5) is 16.1. The minimum atomic E-state index is -0.566. The molecule has 1 N–H and O–H groups in total. The van der Waals surface area contributed by atoms with Gasteiger partial charge in [0.05, 0.1) is 25.3 Å². The van der Waals surface area contributed by atoms with Crippen LogP contribution in [0, 0.1) is 11.6 Å². The van der Waals surface area contributed by atoms with E-state index in [0.29, 0.717) is 11.7 Å². The Bertz CT molecular complexity index is 884. The van der Waals surface area contributed by atoms with Crippen molar-refractivity contribution in [3.8, 4) is 11.3 Å². The lowest BCUT2D eigenvalue weighted by molar-refractivity contribution is -0.117. The van der Waals surface area contributed by atoms with Gasteiger partial charge in [-0.1, -0.05) is 30.3 Å². The maximum absolute atomic E-state index is 13.8. The Morgan fingerprint density at radius 3 is 2.77 bits per heavy atom. The van der Waals surface area contributed by atoms with Gasteiger partial charge in [0, 0.05) is 10.9 Å². The topological polar surface area (TPSA) is 51.2 Å². The maximum atomic E-state index is 13.8. The summed E-state index contributed by atoms with van der Waals surface area (Å²) in [5.74, 6) is -1.36. The third-order valence-electron chi connectivity index (χ3n) is 3.54. The van der Waals surface area contributed by atoms with Crippen LogP contribution >= 0.6 is 11.3 Å². The van der Waals surface area contributed by atoms with Gasteiger partial charge in [-0.3, -0.25) is 4.79 Å². The Morgan fingerprint density at radius 1 is 1.15 bits per heavy atom. The van der Waals surface area contributed by atoms with Gasteiger partial charge in [-0.05, 0) is 23.8 Å². The first kappa shape index (κ1) is 18.2. The number of hydrogen-bond acceptors (Lipinski definition) is 4. The lowest BCUT2D eigenvalue weighted by atomic mass is 10.1. The van der Waals surface area contributed by atoms with Gasteiger partial charge in [-0.2, -0.15) is 0 Å². The average molecular weight is 374 g/mol. The normalized spacial score (nSPS) is 10.7. The predicted molar refractivity (Wildman–Crippen MR) is 96.8 cm³/mol. The Kier molecular flexibility index (Phi) is 6.04. The molecule has 0 unspecified atom stereocenters. The second kappa shape index (κ2) is 8.64. The summed E-state index contributed by atoms with van der Waals surface area (Å²) in [6.45, 7) is 0.714. The van der Waals surface area contributed by atoms with Crippen LogP contribution in [0.5, 0.6) is 0 Å². The third kappa shape index (κ3) is 4.93. The number of anilines is 1. The van der Waals surface area contributed by atoms with Crippen LogP contribution in [0.2, 0.25) is 0 Å². The first-order valence-electron chi connectivity index (χ1n) is 7.94. The van der Waals surface area contributed by atoms with Crippen LogP contribution < -0.4 is 5.32 Å². The SMILES string of the molecule is O=C(CCOCc1ccccc1)Nc1nc(-c2cc(F)ccc2F)cs1. The molecule has 0 saturated carbocycles. The lowest BCUT2D eigenvalue weighted by Crippen LogP contribution is -2.14. The van der Waals surface area contributed by atoms with Gasteiger partial charge >= 0.3 is 0 Å². The Hall–Kier alpha value is -2.64. The summed E-state index contributed by atoms with van der Waals surface area (Å²) in [6, 6.07) is 12.8. The van der Waals surface area contributed by atoms with E-state index in [0.717, 1.165) is 35.1 Å². The highest BCUT2D eigenvalue weighted by atomic mass is 32.1. The molecule has 0 bridgehead atoms. The summed E-state index contributed by atoms with van der Waals surface area (Å²) in [7, 11) is 0. The molecule has 0 aliphatic heterocycles. The summed E-state index contributed by atoms with van der Waals surface area (Å²) in [6.07, 6.45) is 0.177. The van der Waals surface area contributed by atoms with Crippen molar-refractivity contribution in [1.29, 1.82) is 0 Å². The number of ether oxygens (including phenoxy) is 1. The molecule has 4 nitrogen and oxygen atoms in total. The fourth-order valence-corrected chi connectivity index (χ4v) is 2.99. The van der Waals surface area contributed by atoms with Gasteiger partial charge in [-0.15, -0.1) is 11.3 Å². The van der Waals surface area contributed by atoms with E-state index < -0.39 is 11.6 Å². The number of hydrogen-bond donors (Lipinski definition) is 1. The predicted octanol–water partition coefficient (Wildman–Crippen LogP) is 4.63. The van der Waals surface area contributed by atoms with E-state index >= 15 is 0 Å². The van der Waals surface area contributed by atoms with Gasteiger partial charge in [0.25, 0.3) is 0 Å². The summed E-state index contributed by atoms with van der Waals surface area (Å²) >= 11 is 1.15. The van der Waals surface area contributed by atoms with Crippen LogP contribution in [0.3, 0.4) is 0 Å². The maximum Gasteiger partial charge on any atom is 0.228 e. The standard InChI is InChI=1S/C19H16F2N2O2S/c20-14-6-7-16(21)15(10-14)17-12-26-19(22-17)23-18(24)8-9-25-11-13-4-2-1-3-5-13/h1-7,10,12H,8-9,11H2,(H,22,23,24). The van der Waals surface area contributed by atoms with Gasteiger partial charge in [0.15, 0.2) is 5.13 Å². The molecule has 0 saturated heterocycles. The smallest absolute Gasteiger partial charge is 0.228 e. The highest BCUT2D eigenvalue weighted by Crippen LogP contribution is 2.27. The monoisotopic (exact) mass is 374 g/mol. The van der Waals surface area contributed by atoms with Crippen molar-refractivity contribution in [3.05, 3.63) is 71.1 Å². The lowest BCUT2D eigenvalue weighted by Gasteiger charge is -2.04. The van der Waals surface area contributed by atoms with Crippen molar-refractivity contribution in [2.75, 3.05) is 11.9 Å². The number of amides is 1. The molecule has 1 heterocycles. The van der Waals surface area contributed by atoms with Crippen molar-refractivity contribution in [3.63, 3.8) is 0 Å². The number of nitrogens with one attached hydrogen (secondary N) is 1. The fourth-order valence-electron chi connectivity index (χ4n) is 2.26. The number of thiazole rings is 1. The number of carbonyl (C=O) groups is 1. The van der Waals surface area contributed by atoms with Crippen molar-refractivity contribution in [2.45, 2.75) is 13.0 Å². The van der Waals surface area contributed by atoms with E-state index in [-0.39, 0.29) is 30.2 Å². The molecule has 0 aliphatic carbocycles. The zero-order valence-corrected chi connectivity index (χ0v) is 14.6. The van der Waals surface area contributed by atoms with Crippen LogP contribution in [0.4, 0.5) is 13.9 Å². The highest BCUT2D eigenvalue weighted by Gasteiger charge is 2.12. The molecule has 7 heteroatoms. The minimum Gasteiger partial charge on any atom is -0.376 e. The van der Waals surface area contributed by atoms with Crippen LogP contribution in [-0.4, -0.2) is 17.5 Å². The Balaban J connectivity index is 1.49. The molecule has 0 aliphatic rings. The quantitative estimate of drug-likeness (QED) is 0.613. The third-order valence-corrected chi connectivity index (χ3v) is 4.30. The molecular formula is C19H16F2N2O2S. The van der Waals surface area contributed by atoms with Gasteiger partial charge in [0.2, 0.25) is 5.91 Å². The van der Waals surface area contributed by atoms with Crippen molar-refractivity contribution >= 4 is 22.4 Å². The zero-order valence-electron chi connectivity index (χ0n) is 13.7. The molecule has 0 radical (unpaired) electrons. The van der Waals surface area contributed by atoms with E-state index in [1.165, 1.54) is 0 Å². The van der Waals surface area contributed by atoms with Gasteiger partial charge < -0.3 is 10.1 Å². The highest BCUT2D eigenvalue weighted by molar-refractivity contribution is 7.14. The van der Waals surface area contributed by atoms with E-state index in [2.05, 4.69) is 10.3 Å². The van der Waals surface area contributed by atoms with Crippen molar-refractivity contribution in [1.82, 2.24) is 4.98 Å². The summed E-state index contributed by atoms with van der Waals surface area (Å²) < 4.78 is 32.5. The molecule has 0 fully saturated rings. The van der Waals surface area contributed by atoms with Gasteiger partial charge in [0.1, 0.15) is 11.6 Å². The summed E-state index contributed by atoms with van der Waals surface area (Å²) in [5, 5.41) is 4.54. The van der Waals surface area contributed by atoms with Crippen molar-refractivity contribution < 1.29 is 18.3 Å². The number of aromatic nitrogens is 1. The second-order valence-electron chi connectivity index (χ2n) is 5.50. The molecule has 26 heavy (non-hydrogen) atoms. The number of rotatable bonds is 7. The van der Waals surface area contributed by atoms with Crippen LogP contribution in [-0.2, 0) is 16.1 Å².